The molecule has 7 heteroatoms. The normalized spacial score (nSPS) is 12.3. The number of hydrogen-bond acceptors (Lipinski definition) is 4. The van der Waals surface area contributed by atoms with E-state index in [-0.39, 0.29) is 24.3 Å². The predicted molar refractivity (Wildman–Crippen MR) is 102 cm³/mol. The van der Waals surface area contributed by atoms with Crippen LogP contribution in [0.3, 0.4) is 0 Å². The van der Waals surface area contributed by atoms with Gasteiger partial charge < -0.3 is 5.32 Å². The molecule has 0 fully saturated rings. The fraction of sp³-hybridized carbons (Fsp3) is 0.263. The third kappa shape index (κ3) is 4.56. The van der Waals surface area contributed by atoms with Crippen molar-refractivity contribution in [1.82, 2.24) is 14.7 Å². The summed E-state index contributed by atoms with van der Waals surface area (Å²) in [7, 11) is 1.87. The number of benzene rings is 1. The van der Waals surface area contributed by atoms with Crippen molar-refractivity contribution in [3.63, 3.8) is 0 Å². The van der Waals surface area contributed by atoms with Gasteiger partial charge in [0.25, 0.3) is 0 Å². The zero-order valence-corrected chi connectivity index (χ0v) is 15.5. The first-order chi connectivity index (χ1) is 12.5. The first-order valence-corrected chi connectivity index (χ1v) is 9.20. The highest BCUT2D eigenvalue weighted by molar-refractivity contribution is 7.09. The van der Waals surface area contributed by atoms with E-state index >= 15 is 0 Å². The Kier molecular flexibility index (Phi) is 5.80. The van der Waals surface area contributed by atoms with Crippen LogP contribution >= 0.6 is 11.3 Å². The van der Waals surface area contributed by atoms with Crippen molar-refractivity contribution >= 4 is 23.1 Å². The molecular weight excluding hydrogens is 351 g/mol. The molecule has 0 aliphatic carbocycles. The van der Waals surface area contributed by atoms with Crippen molar-refractivity contribution in [2.45, 2.75) is 19.5 Å². The number of likely N-dealkylation sites (N-methyl/N-ethyl adjacent to an activating group) is 1. The lowest BCUT2D eigenvalue weighted by Gasteiger charge is -2.24. The molecule has 0 radical (unpaired) electrons. The minimum absolute atomic E-state index is 0.00243. The molecule has 3 aromatic rings. The van der Waals surface area contributed by atoms with Crippen molar-refractivity contribution in [3.05, 3.63) is 70.3 Å². The molecule has 0 spiro atoms. The van der Waals surface area contributed by atoms with Crippen LogP contribution in [0.2, 0.25) is 0 Å². The number of thiophene rings is 1. The molecule has 1 aromatic carbocycles. The standard InChI is InChI=1S/C19H21FN4OS/c1-14(15-5-7-16(20)8-6-15)23(2)13-19(25)22-18-9-10-21-24(18)12-17-4-3-11-26-17/h3-11,14H,12-13H2,1-2H3,(H,22,25). The lowest BCUT2D eigenvalue weighted by molar-refractivity contribution is -0.117. The van der Waals surface area contributed by atoms with Gasteiger partial charge in [0, 0.05) is 17.0 Å². The lowest BCUT2D eigenvalue weighted by Crippen LogP contribution is -2.32. The van der Waals surface area contributed by atoms with Crippen LogP contribution in [0.5, 0.6) is 0 Å². The van der Waals surface area contributed by atoms with Gasteiger partial charge in [-0.05, 0) is 43.1 Å². The molecule has 3 rings (SSSR count). The molecule has 0 saturated carbocycles. The molecule has 136 valence electrons. The number of hydrogen-bond donors (Lipinski definition) is 1. The molecular formula is C19H21FN4OS. The summed E-state index contributed by atoms with van der Waals surface area (Å²) >= 11 is 1.65. The first-order valence-electron chi connectivity index (χ1n) is 8.32. The molecule has 2 aromatic heterocycles. The largest absolute Gasteiger partial charge is 0.310 e. The van der Waals surface area contributed by atoms with Gasteiger partial charge in [0.15, 0.2) is 0 Å². The van der Waals surface area contributed by atoms with Gasteiger partial charge in [-0.1, -0.05) is 18.2 Å². The Balaban J connectivity index is 1.58. The van der Waals surface area contributed by atoms with Gasteiger partial charge in [0.05, 0.1) is 19.3 Å². The Bertz CT molecular complexity index is 845. The molecule has 1 N–H and O–H groups in total. The molecule has 0 aliphatic heterocycles. The molecule has 1 unspecified atom stereocenters. The maximum Gasteiger partial charge on any atom is 0.239 e. The smallest absolute Gasteiger partial charge is 0.239 e. The van der Waals surface area contributed by atoms with E-state index in [1.165, 1.54) is 17.0 Å². The van der Waals surface area contributed by atoms with Crippen molar-refractivity contribution in [1.29, 1.82) is 0 Å². The summed E-state index contributed by atoms with van der Waals surface area (Å²) in [5.74, 6) is 0.293. The van der Waals surface area contributed by atoms with E-state index in [0.717, 1.165) is 5.56 Å². The van der Waals surface area contributed by atoms with Crippen LogP contribution in [-0.4, -0.2) is 34.2 Å². The Morgan fingerprint density at radius 1 is 1.31 bits per heavy atom. The second kappa shape index (κ2) is 8.25. The first kappa shape index (κ1) is 18.3. The number of rotatable bonds is 7. The summed E-state index contributed by atoms with van der Waals surface area (Å²) in [5.41, 5.74) is 0.962. The molecule has 5 nitrogen and oxygen atoms in total. The molecule has 1 amide bonds. The fourth-order valence-corrected chi connectivity index (χ4v) is 3.34. The topological polar surface area (TPSA) is 50.2 Å². The van der Waals surface area contributed by atoms with E-state index in [1.807, 2.05) is 36.4 Å². The van der Waals surface area contributed by atoms with Gasteiger partial charge in [-0.15, -0.1) is 11.3 Å². The van der Waals surface area contributed by atoms with E-state index in [2.05, 4.69) is 10.4 Å². The van der Waals surface area contributed by atoms with Crippen LogP contribution in [0.25, 0.3) is 0 Å². The average Bonchev–Trinajstić information content (AvgIpc) is 3.28. The number of amides is 1. The molecule has 2 heterocycles. The number of anilines is 1. The summed E-state index contributed by atoms with van der Waals surface area (Å²) in [6.07, 6.45) is 1.67. The minimum Gasteiger partial charge on any atom is -0.310 e. The van der Waals surface area contributed by atoms with Crippen LogP contribution in [0.15, 0.2) is 54.0 Å². The zero-order chi connectivity index (χ0) is 18.5. The summed E-state index contributed by atoms with van der Waals surface area (Å²) in [6.45, 7) is 2.84. The Labute approximate surface area is 156 Å². The Hall–Kier alpha value is -2.51. The van der Waals surface area contributed by atoms with Crippen LogP contribution in [0, 0.1) is 5.82 Å². The summed E-state index contributed by atoms with van der Waals surface area (Å²) in [6, 6.07) is 12.2. The second-order valence-electron chi connectivity index (χ2n) is 6.14. The van der Waals surface area contributed by atoms with E-state index in [0.29, 0.717) is 12.4 Å². The number of halogens is 1. The van der Waals surface area contributed by atoms with Crippen molar-refractivity contribution in [2.75, 3.05) is 18.9 Å². The van der Waals surface area contributed by atoms with Crippen molar-refractivity contribution in [2.24, 2.45) is 0 Å². The van der Waals surface area contributed by atoms with E-state index in [1.54, 1.807) is 40.4 Å². The summed E-state index contributed by atoms with van der Waals surface area (Å²) < 4.78 is 14.8. The Morgan fingerprint density at radius 3 is 2.77 bits per heavy atom. The van der Waals surface area contributed by atoms with Gasteiger partial charge in [0.2, 0.25) is 5.91 Å². The van der Waals surface area contributed by atoms with Gasteiger partial charge in [0.1, 0.15) is 11.6 Å². The molecule has 1 atom stereocenters. The SMILES string of the molecule is CC(c1ccc(F)cc1)N(C)CC(=O)Nc1ccnn1Cc1cccs1. The third-order valence-electron chi connectivity index (χ3n) is 4.28. The van der Waals surface area contributed by atoms with E-state index in [9.17, 15) is 9.18 Å². The fourth-order valence-electron chi connectivity index (χ4n) is 2.66. The van der Waals surface area contributed by atoms with Crippen LogP contribution in [0.1, 0.15) is 23.4 Å². The maximum atomic E-state index is 13.1. The van der Waals surface area contributed by atoms with Crippen LogP contribution < -0.4 is 5.32 Å². The number of aromatic nitrogens is 2. The third-order valence-corrected chi connectivity index (χ3v) is 5.14. The van der Waals surface area contributed by atoms with Crippen LogP contribution in [-0.2, 0) is 11.3 Å². The lowest BCUT2D eigenvalue weighted by atomic mass is 10.1. The number of nitrogens with one attached hydrogen (secondary N) is 1. The average molecular weight is 372 g/mol. The quantitative estimate of drug-likeness (QED) is 0.687. The molecule has 0 bridgehead atoms. The van der Waals surface area contributed by atoms with Crippen molar-refractivity contribution in [3.8, 4) is 0 Å². The van der Waals surface area contributed by atoms with Crippen molar-refractivity contribution < 1.29 is 9.18 Å². The highest BCUT2D eigenvalue weighted by atomic mass is 32.1. The monoisotopic (exact) mass is 372 g/mol. The predicted octanol–water partition coefficient (Wildman–Crippen LogP) is 3.76. The zero-order valence-electron chi connectivity index (χ0n) is 14.7. The van der Waals surface area contributed by atoms with Gasteiger partial charge in [-0.25, -0.2) is 9.07 Å². The number of carbonyl (C=O) groups excluding carboxylic acids is 1. The molecule has 0 aliphatic rings. The van der Waals surface area contributed by atoms with E-state index < -0.39 is 0 Å². The van der Waals surface area contributed by atoms with Gasteiger partial charge >= 0.3 is 0 Å². The summed E-state index contributed by atoms with van der Waals surface area (Å²) in [4.78, 5) is 15.5. The number of carbonyl (C=O) groups is 1. The molecule has 0 saturated heterocycles. The van der Waals surface area contributed by atoms with Gasteiger partial charge in [-0.3, -0.25) is 9.69 Å². The van der Waals surface area contributed by atoms with Crippen LogP contribution in [0.4, 0.5) is 10.2 Å². The highest BCUT2D eigenvalue weighted by Crippen LogP contribution is 2.19. The highest BCUT2D eigenvalue weighted by Gasteiger charge is 2.16. The molecule has 26 heavy (non-hydrogen) atoms. The number of nitrogens with zero attached hydrogens (tertiary/aromatic N) is 3. The summed E-state index contributed by atoms with van der Waals surface area (Å²) in [5, 5.41) is 9.20. The Morgan fingerprint density at radius 2 is 2.08 bits per heavy atom. The minimum atomic E-state index is -0.264. The van der Waals surface area contributed by atoms with E-state index in [4.69, 9.17) is 0 Å². The van der Waals surface area contributed by atoms with Gasteiger partial charge in [-0.2, -0.15) is 5.10 Å². The maximum absolute atomic E-state index is 13.1. The second-order valence-corrected chi connectivity index (χ2v) is 7.18.